The molecule has 0 radical (unpaired) electrons. The number of aromatic nitrogens is 1. The molecule has 3 fully saturated rings. The molecule has 0 aliphatic carbocycles. The zero-order valence-electron chi connectivity index (χ0n) is 17.7. The Labute approximate surface area is 177 Å². The van der Waals surface area contributed by atoms with Crippen LogP contribution in [0.15, 0.2) is 16.9 Å². The van der Waals surface area contributed by atoms with E-state index in [0.29, 0.717) is 11.3 Å². The zero-order chi connectivity index (χ0) is 20.7. The van der Waals surface area contributed by atoms with Gasteiger partial charge in [-0.1, -0.05) is 6.07 Å². The lowest BCUT2D eigenvalue weighted by Gasteiger charge is -2.45. The van der Waals surface area contributed by atoms with Crippen LogP contribution in [0.4, 0.5) is 0 Å². The van der Waals surface area contributed by atoms with Crippen LogP contribution in [0.5, 0.6) is 0 Å². The van der Waals surface area contributed by atoms with Gasteiger partial charge in [0, 0.05) is 63.1 Å². The lowest BCUT2D eigenvalue weighted by molar-refractivity contribution is -0.139. The summed E-state index contributed by atoms with van der Waals surface area (Å²) in [5.74, 6) is -0.144. The molecule has 5 heterocycles. The smallest absolute Gasteiger partial charge is 0.317 e. The van der Waals surface area contributed by atoms with Crippen molar-refractivity contribution < 1.29 is 14.6 Å². The number of hydrogen-bond donors (Lipinski definition) is 1. The Morgan fingerprint density at radius 3 is 2.77 bits per heavy atom. The molecule has 30 heavy (non-hydrogen) atoms. The van der Waals surface area contributed by atoms with Crippen molar-refractivity contribution in [1.29, 1.82) is 0 Å². The molecule has 0 unspecified atom stereocenters. The average molecular weight is 416 g/mol. The van der Waals surface area contributed by atoms with E-state index in [1.807, 2.05) is 15.5 Å². The first-order chi connectivity index (χ1) is 14.5. The predicted molar refractivity (Wildman–Crippen MR) is 113 cm³/mol. The monoisotopic (exact) mass is 415 g/mol. The van der Waals surface area contributed by atoms with Gasteiger partial charge in [0.05, 0.1) is 6.54 Å². The summed E-state index contributed by atoms with van der Waals surface area (Å²) in [7, 11) is 0. The quantitative estimate of drug-likeness (QED) is 0.808. The molecular weight excluding hydrogens is 382 g/mol. The van der Waals surface area contributed by atoms with Crippen molar-refractivity contribution in [1.82, 2.24) is 14.4 Å². The lowest BCUT2D eigenvalue weighted by Crippen LogP contribution is -2.49. The van der Waals surface area contributed by atoms with Crippen molar-refractivity contribution in [2.24, 2.45) is 11.3 Å². The molecular formula is C23H33N3O4. The van der Waals surface area contributed by atoms with Gasteiger partial charge in [0.15, 0.2) is 0 Å². The van der Waals surface area contributed by atoms with E-state index in [1.54, 1.807) is 0 Å². The summed E-state index contributed by atoms with van der Waals surface area (Å²) in [6.45, 7) is 6.95. The Morgan fingerprint density at radius 2 is 1.97 bits per heavy atom. The third kappa shape index (κ3) is 3.95. The molecule has 3 saturated heterocycles. The molecule has 2 atom stereocenters. The van der Waals surface area contributed by atoms with E-state index in [-0.39, 0.29) is 18.0 Å². The van der Waals surface area contributed by atoms with E-state index in [2.05, 4.69) is 11.0 Å². The summed E-state index contributed by atoms with van der Waals surface area (Å²) in [4.78, 5) is 29.0. The van der Waals surface area contributed by atoms with Crippen molar-refractivity contribution in [2.75, 3.05) is 45.9 Å². The van der Waals surface area contributed by atoms with Crippen LogP contribution in [0.3, 0.4) is 0 Å². The summed E-state index contributed by atoms with van der Waals surface area (Å²) >= 11 is 0. The highest BCUT2D eigenvalue weighted by Crippen LogP contribution is 2.39. The Balaban J connectivity index is 1.32. The van der Waals surface area contributed by atoms with Crippen LogP contribution in [0, 0.1) is 11.3 Å². The van der Waals surface area contributed by atoms with Gasteiger partial charge in [-0.25, -0.2) is 0 Å². The molecule has 1 aromatic rings. The van der Waals surface area contributed by atoms with Gasteiger partial charge >= 0.3 is 5.97 Å². The minimum atomic E-state index is -0.772. The van der Waals surface area contributed by atoms with Crippen LogP contribution in [-0.4, -0.2) is 71.4 Å². The van der Waals surface area contributed by atoms with Crippen LogP contribution >= 0.6 is 0 Å². The highest BCUT2D eigenvalue weighted by molar-refractivity contribution is 5.69. The van der Waals surface area contributed by atoms with E-state index in [9.17, 15) is 9.59 Å². The summed E-state index contributed by atoms with van der Waals surface area (Å²) in [5.41, 5.74) is 2.55. The molecule has 5 rings (SSSR count). The number of fused-ring (bicyclic) bond motifs is 4. The fourth-order valence-corrected chi connectivity index (χ4v) is 6.43. The van der Waals surface area contributed by atoms with Crippen molar-refractivity contribution in [3.8, 4) is 0 Å². The standard InChI is InChI=1S/C23H33N3O4/c27-21(28)15-25-11-17-10-19(14-25)20-3-2-18(22(29)26(20)12-17)13-24-7-1-4-23(16-24)5-8-30-9-6-23/h2-3,17,19H,1,4-16H2,(H,27,28)/t17-,19+/m0/s1. The maximum atomic E-state index is 13.4. The number of carboxylic acid groups (broad SMARTS) is 1. The minimum Gasteiger partial charge on any atom is -0.480 e. The number of hydrogen-bond acceptors (Lipinski definition) is 5. The number of pyridine rings is 1. The van der Waals surface area contributed by atoms with Gasteiger partial charge in [0.25, 0.3) is 5.56 Å². The number of nitrogens with zero attached hydrogens (tertiary/aromatic N) is 3. The lowest BCUT2D eigenvalue weighted by atomic mass is 9.74. The van der Waals surface area contributed by atoms with Gasteiger partial charge in [0.2, 0.25) is 0 Å². The van der Waals surface area contributed by atoms with E-state index >= 15 is 0 Å². The molecule has 1 spiro atoms. The average Bonchev–Trinajstić information content (AvgIpc) is 2.71. The van der Waals surface area contributed by atoms with Gasteiger partial charge in [-0.15, -0.1) is 0 Å². The number of carboxylic acids is 1. The maximum Gasteiger partial charge on any atom is 0.317 e. The second kappa shape index (κ2) is 8.09. The zero-order valence-corrected chi connectivity index (χ0v) is 17.7. The molecule has 1 N–H and O–H groups in total. The van der Waals surface area contributed by atoms with Crippen molar-refractivity contribution >= 4 is 5.97 Å². The molecule has 0 saturated carbocycles. The molecule has 0 aromatic carbocycles. The third-order valence-corrected chi connectivity index (χ3v) is 7.81. The molecule has 1 aromatic heterocycles. The molecule has 4 aliphatic rings. The largest absolute Gasteiger partial charge is 0.480 e. The predicted octanol–water partition coefficient (Wildman–Crippen LogP) is 1.74. The Hall–Kier alpha value is -1.70. The van der Waals surface area contributed by atoms with Gasteiger partial charge in [0.1, 0.15) is 0 Å². The van der Waals surface area contributed by atoms with E-state index < -0.39 is 5.97 Å². The Morgan fingerprint density at radius 1 is 1.13 bits per heavy atom. The summed E-state index contributed by atoms with van der Waals surface area (Å²) in [6.07, 6.45) is 5.83. The summed E-state index contributed by atoms with van der Waals surface area (Å²) in [5, 5.41) is 9.14. The van der Waals surface area contributed by atoms with Crippen LogP contribution in [-0.2, 0) is 22.6 Å². The van der Waals surface area contributed by atoms with Crippen LogP contribution in [0.25, 0.3) is 0 Å². The highest BCUT2D eigenvalue weighted by atomic mass is 16.5. The Bertz CT molecular complexity index is 855. The van der Waals surface area contributed by atoms with Gasteiger partial charge in [-0.05, 0) is 56.0 Å². The van der Waals surface area contributed by atoms with Crippen molar-refractivity contribution in [2.45, 2.75) is 51.1 Å². The van der Waals surface area contributed by atoms with Gasteiger partial charge in [-0.2, -0.15) is 0 Å². The van der Waals surface area contributed by atoms with E-state index in [1.165, 1.54) is 12.8 Å². The van der Waals surface area contributed by atoms with E-state index in [0.717, 1.165) is 83.0 Å². The first kappa shape index (κ1) is 20.2. The SMILES string of the molecule is O=C(O)CN1C[C@@H]2C[C@H](C1)c1ccc(CN3CCCC4(CCOCC4)C3)c(=O)n1C2. The summed E-state index contributed by atoms with van der Waals surface area (Å²) < 4.78 is 7.59. The van der Waals surface area contributed by atoms with Crippen LogP contribution in [0.2, 0.25) is 0 Å². The van der Waals surface area contributed by atoms with Crippen LogP contribution in [0.1, 0.15) is 49.3 Å². The number of carbonyl (C=O) groups is 1. The number of rotatable bonds is 4. The second-order valence-electron chi connectivity index (χ2n) is 10.0. The number of aliphatic carboxylic acids is 1. The molecule has 164 valence electrons. The fourth-order valence-electron chi connectivity index (χ4n) is 6.43. The van der Waals surface area contributed by atoms with Crippen molar-refractivity contribution in [3.63, 3.8) is 0 Å². The Kier molecular flexibility index (Phi) is 5.45. The second-order valence-corrected chi connectivity index (χ2v) is 10.0. The number of ether oxygens (including phenoxy) is 1. The summed E-state index contributed by atoms with van der Waals surface area (Å²) in [6, 6.07) is 4.17. The highest BCUT2D eigenvalue weighted by Gasteiger charge is 2.38. The first-order valence-electron chi connectivity index (χ1n) is 11.5. The molecule has 2 bridgehead atoms. The van der Waals surface area contributed by atoms with Gasteiger partial charge < -0.3 is 14.4 Å². The molecule has 0 amide bonds. The van der Waals surface area contributed by atoms with E-state index in [4.69, 9.17) is 9.84 Å². The maximum absolute atomic E-state index is 13.4. The molecule has 7 nitrogen and oxygen atoms in total. The molecule has 7 heteroatoms. The number of piperidine rings is 2. The van der Waals surface area contributed by atoms with Crippen molar-refractivity contribution in [3.05, 3.63) is 33.7 Å². The normalized spacial score (nSPS) is 28.9. The minimum absolute atomic E-state index is 0.0943. The number of likely N-dealkylation sites (tertiary alicyclic amines) is 2. The van der Waals surface area contributed by atoms with Crippen LogP contribution < -0.4 is 5.56 Å². The van der Waals surface area contributed by atoms with Gasteiger partial charge in [-0.3, -0.25) is 19.4 Å². The first-order valence-corrected chi connectivity index (χ1v) is 11.5. The third-order valence-electron chi connectivity index (χ3n) is 7.81. The fraction of sp³-hybridized carbons (Fsp3) is 0.739. The topological polar surface area (TPSA) is 75.0 Å². The molecule has 4 aliphatic heterocycles.